The minimum atomic E-state index is -0.369. The zero-order chi connectivity index (χ0) is 24.8. The summed E-state index contributed by atoms with van der Waals surface area (Å²) in [5, 5.41) is 3.64. The maximum absolute atomic E-state index is 12.9. The Bertz CT molecular complexity index is 1210. The van der Waals surface area contributed by atoms with E-state index >= 15 is 0 Å². The van der Waals surface area contributed by atoms with Crippen molar-refractivity contribution in [1.82, 2.24) is 15.0 Å². The molecule has 35 heavy (non-hydrogen) atoms. The number of ether oxygens (including phenoxy) is 2. The standard InChI is InChI=1S/C26H25ClN4O3S/c1-4-21(25(32)29-22-14-9-18(27)15-28-22)35-26-30-23(16-5-10-19(33-2)11-6-16)24(31-26)17-7-12-20(34-3)13-8-17/h5-15,21H,4H2,1-3H3,(H,30,31)(H,28,29,32). The van der Waals surface area contributed by atoms with Crippen molar-refractivity contribution in [1.29, 1.82) is 0 Å². The average molecular weight is 509 g/mol. The van der Waals surface area contributed by atoms with Crippen molar-refractivity contribution in [2.45, 2.75) is 23.8 Å². The quantitative estimate of drug-likeness (QED) is 0.257. The van der Waals surface area contributed by atoms with Gasteiger partial charge in [-0.1, -0.05) is 30.3 Å². The van der Waals surface area contributed by atoms with E-state index < -0.39 is 0 Å². The molecule has 0 saturated heterocycles. The van der Waals surface area contributed by atoms with Gasteiger partial charge in [0.05, 0.1) is 35.9 Å². The van der Waals surface area contributed by atoms with Crippen molar-refractivity contribution < 1.29 is 14.3 Å². The summed E-state index contributed by atoms with van der Waals surface area (Å²) in [5.74, 6) is 1.84. The topological polar surface area (TPSA) is 89.1 Å². The van der Waals surface area contributed by atoms with Crippen LogP contribution in [0.4, 0.5) is 5.82 Å². The SMILES string of the molecule is CCC(Sc1nc(-c2ccc(OC)cc2)c(-c2ccc(OC)cc2)[nH]1)C(=O)Nc1ccc(Cl)cn1. The fourth-order valence-corrected chi connectivity index (χ4v) is 4.46. The number of nitrogens with zero attached hydrogens (tertiary/aromatic N) is 2. The summed E-state index contributed by atoms with van der Waals surface area (Å²) >= 11 is 7.27. The molecule has 4 rings (SSSR count). The highest BCUT2D eigenvalue weighted by Gasteiger charge is 2.22. The summed E-state index contributed by atoms with van der Waals surface area (Å²) in [6.07, 6.45) is 2.11. The molecule has 2 N–H and O–H groups in total. The molecule has 0 saturated carbocycles. The predicted octanol–water partition coefficient (Wildman–Crippen LogP) is 6.32. The van der Waals surface area contributed by atoms with E-state index in [0.29, 0.717) is 22.4 Å². The van der Waals surface area contributed by atoms with Gasteiger partial charge < -0.3 is 19.8 Å². The number of halogens is 1. The molecule has 0 aliphatic rings. The number of imidazole rings is 1. The molecule has 180 valence electrons. The number of aromatic nitrogens is 3. The Morgan fingerprint density at radius 1 is 1.00 bits per heavy atom. The third-order valence-corrected chi connectivity index (χ3v) is 6.79. The maximum atomic E-state index is 12.9. The summed E-state index contributed by atoms with van der Waals surface area (Å²) < 4.78 is 10.6. The lowest BCUT2D eigenvalue weighted by molar-refractivity contribution is -0.115. The highest BCUT2D eigenvalue weighted by Crippen LogP contribution is 2.35. The lowest BCUT2D eigenvalue weighted by Gasteiger charge is -2.12. The van der Waals surface area contributed by atoms with E-state index in [1.165, 1.54) is 18.0 Å². The number of nitrogens with one attached hydrogen (secondary N) is 2. The van der Waals surface area contributed by atoms with E-state index in [2.05, 4.69) is 15.3 Å². The Morgan fingerprint density at radius 2 is 1.63 bits per heavy atom. The number of hydrogen-bond donors (Lipinski definition) is 2. The summed E-state index contributed by atoms with van der Waals surface area (Å²) in [5.41, 5.74) is 3.53. The number of H-pyrrole nitrogens is 1. The second kappa shape index (κ2) is 11.3. The van der Waals surface area contributed by atoms with Crippen LogP contribution in [-0.2, 0) is 4.79 Å². The van der Waals surface area contributed by atoms with Gasteiger partial charge in [0.25, 0.3) is 0 Å². The molecule has 1 amide bonds. The zero-order valence-corrected chi connectivity index (χ0v) is 21.1. The van der Waals surface area contributed by atoms with Crippen LogP contribution in [0.1, 0.15) is 13.3 Å². The van der Waals surface area contributed by atoms with E-state index in [-0.39, 0.29) is 11.2 Å². The van der Waals surface area contributed by atoms with Crippen LogP contribution in [0, 0.1) is 0 Å². The Balaban J connectivity index is 1.63. The van der Waals surface area contributed by atoms with E-state index in [1.54, 1.807) is 26.4 Å². The molecule has 2 aromatic carbocycles. The van der Waals surface area contributed by atoms with Crippen LogP contribution in [0.15, 0.2) is 72.0 Å². The number of carbonyl (C=O) groups is 1. The minimum Gasteiger partial charge on any atom is -0.497 e. The van der Waals surface area contributed by atoms with Crippen LogP contribution < -0.4 is 14.8 Å². The number of carbonyl (C=O) groups excluding carboxylic acids is 1. The molecule has 0 bridgehead atoms. The molecule has 0 aliphatic heterocycles. The number of rotatable bonds is 9. The van der Waals surface area contributed by atoms with Crippen molar-refractivity contribution in [3.8, 4) is 34.0 Å². The molecule has 1 atom stereocenters. The fraction of sp³-hybridized carbons (Fsp3) is 0.192. The van der Waals surface area contributed by atoms with E-state index in [4.69, 9.17) is 26.1 Å². The van der Waals surface area contributed by atoms with Crippen molar-refractivity contribution in [3.05, 3.63) is 71.9 Å². The van der Waals surface area contributed by atoms with Crippen molar-refractivity contribution >= 4 is 35.1 Å². The van der Waals surface area contributed by atoms with Gasteiger partial charge in [-0.25, -0.2) is 9.97 Å². The molecule has 0 radical (unpaired) electrons. The Labute approximate surface area is 213 Å². The van der Waals surface area contributed by atoms with Crippen LogP contribution >= 0.6 is 23.4 Å². The van der Waals surface area contributed by atoms with E-state index in [9.17, 15) is 4.79 Å². The predicted molar refractivity (Wildman–Crippen MR) is 140 cm³/mol. The fourth-order valence-electron chi connectivity index (χ4n) is 3.45. The lowest BCUT2D eigenvalue weighted by Crippen LogP contribution is -2.25. The molecule has 2 heterocycles. The van der Waals surface area contributed by atoms with Gasteiger partial charge >= 0.3 is 0 Å². The van der Waals surface area contributed by atoms with E-state index in [1.807, 2.05) is 55.5 Å². The van der Waals surface area contributed by atoms with Crippen molar-refractivity contribution in [2.75, 3.05) is 19.5 Å². The molecule has 1 unspecified atom stereocenters. The van der Waals surface area contributed by atoms with Crippen molar-refractivity contribution in [3.63, 3.8) is 0 Å². The molecular weight excluding hydrogens is 484 g/mol. The van der Waals surface area contributed by atoms with Crippen molar-refractivity contribution in [2.24, 2.45) is 0 Å². The maximum Gasteiger partial charge on any atom is 0.239 e. The second-order valence-electron chi connectivity index (χ2n) is 7.59. The first kappa shape index (κ1) is 24.6. The smallest absolute Gasteiger partial charge is 0.239 e. The Morgan fingerprint density at radius 3 is 2.17 bits per heavy atom. The number of methoxy groups -OCH3 is 2. The number of hydrogen-bond acceptors (Lipinski definition) is 6. The Kier molecular flexibility index (Phi) is 7.94. The largest absolute Gasteiger partial charge is 0.497 e. The zero-order valence-electron chi connectivity index (χ0n) is 19.5. The van der Waals surface area contributed by atoms with E-state index in [0.717, 1.165) is 34.0 Å². The highest BCUT2D eigenvalue weighted by atomic mass is 35.5. The first-order chi connectivity index (χ1) is 17.0. The lowest BCUT2D eigenvalue weighted by atomic mass is 10.0. The van der Waals surface area contributed by atoms with Crippen LogP contribution in [0.3, 0.4) is 0 Å². The third-order valence-electron chi connectivity index (χ3n) is 5.32. The summed E-state index contributed by atoms with van der Waals surface area (Å²) in [6, 6.07) is 18.9. The molecule has 9 heteroatoms. The number of amides is 1. The van der Waals surface area contributed by atoms with Gasteiger partial charge in [-0.2, -0.15) is 0 Å². The number of benzene rings is 2. The normalized spacial score (nSPS) is 11.7. The van der Waals surface area contributed by atoms with Gasteiger partial charge in [-0.05, 0) is 67.1 Å². The monoisotopic (exact) mass is 508 g/mol. The van der Waals surface area contributed by atoms with Crippen LogP contribution in [-0.4, -0.2) is 40.3 Å². The molecule has 0 aliphatic carbocycles. The summed E-state index contributed by atoms with van der Waals surface area (Å²) in [7, 11) is 3.27. The number of aromatic amines is 1. The first-order valence-electron chi connectivity index (χ1n) is 11.0. The number of thioether (sulfide) groups is 1. The van der Waals surface area contributed by atoms with Gasteiger partial charge in [0, 0.05) is 17.3 Å². The third kappa shape index (κ3) is 5.96. The van der Waals surface area contributed by atoms with Crippen LogP contribution in [0.25, 0.3) is 22.5 Å². The highest BCUT2D eigenvalue weighted by molar-refractivity contribution is 8.00. The molecule has 0 spiro atoms. The van der Waals surface area contributed by atoms with Crippen LogP contribution in [0.2, 0.25) is 5.02 Å². The van der Waals surface area contributed by atoms with Gasteiger partial charge in [-0.3, -0.25) is 4.79 Å². The number of pyridine rings is 1. The second-order valence-corrected chi connectivity index (χ2v) is 9.22. The van der Waals surface area contributed by atoms with Crippen LogP contribution in [0.5, 0.6) is 11.5 Å². The van der Waals surface area contributed by atoms with Gasteiger partial charge in [-0.15, -0.1) is 0 Å². The van der Waals surface area contributed by atoms with Gasteiger partial charge in [0.2, 0.25) is 5.91 Å². The summed E-state index contributed by atoms with van der Waals surface area (Å²) in [4.78, 5) is 25.4. The Hall–Kier alpha value is -3.49. The van der Waals surface area contributed by atoms with Gasteiger partial charge in [0.15, 0.2) is 5.16 Å². The molecular formula is C26H25ClN4O3S. The number of anilines is 1. The first-order valence-corrected chi connectivity index (χ1v) is 12.2. The molecule has 7 nitrogen and oxygen atoms in total. The molecule has 4 aromatic rings. The minimum absolute atomic E-state index is 0.152. The average Bonchev–Trinajstić information content (AvgIpc) is 3.32. The molecule has 0 fully saturated rings. The van der Waals surface area contributed by atoms with Gasteiger partial charge in [0.1, 0.15) is 17.3 Å². The molecule has 2 aromatic heterocycles. The summed E-state index contributed by atoms with van der Waals surface area (Å²) in [6.45, 7) is 1.96.